The molecular weight excluding hydrogens is 1780 g/mol. The molecule has 0 aliphatic heterocycles. The molecule has 4 unspecified atom stereocenters. The molecule has 7 N–H and O–H groups in total. The number of carbonyl (C=O) groups excluding carboxylic acids is 13. The fourth-order valence-electron chi connectivity index (χ4n) is 8.17. The molecule has 0 aromatic heterocycles. The number of hydrogen-bond donors (Lipinski definition) is 7. The van der Waals surface area contributed by atoms with Crippen LogP contribution in [-0.2, 0) is 143 Å². The smallest absolute Gasteiger partial charge is 0.333 e. The number of ether oxygens (including phenoxy) is 20. The van der Waals surface area contributed by atoms with Gasteiger partial charge in [-0.15, -0.1) is 0 Å². The molecule has 0 bridgehead atoms. The first kappa shape index (κ1) is 125. The number of benzene rings is 4. The lowest BCUT2D eigenvalue weighted by molar-refractivity contribution is -0.268. The summed E-state index contributed by atoms with van der Waals surface area (Å²) in [6.45, 7) is 40.7. The second kappa shape index (κ2) is 77.4. The molecular formula is C95H122O40. The fraction of sp³-hybridized carbons (Fsp3) is 0.358. The van der Waals surface area contributed by atoms with E-state index in [2.05, 4.69) is 104 Å². The Morgan fingerprint density at radius 3 is 0.889 bits per heavy atom. The van der Waals surface area contributed by atoms with Gasteiger partial charge in [0.25, 0.3) is 6.48 Å². The molecule has 0 aliphatic carbocycles. The summed E-state index contributed by atoms with van der Waals surface area (Å²) >= 11 is 0. The monoisotopic (exact) mass is 1900 g/mol. The van der Waals surface area contributed by atoms with Crippen molar-refractivity contribution < 1.29 is 193 Å². The molecule has 40 heteroatoms. The highest BCUT2D eigenvalue weighted by Gasteiger charge is 2.37. The van der Waals surface area contributed by atoms with Crippen molar-refractivity contribution in [3.63, 3.8) is 0 Å². The number of esters is 13. The van der Waals surface area contributed by atoms with E-state index in [0.717, 1.165) is 77.6 Å². The van der Waals surface area contributed by atoms with Crippen LogP contribution >= 0.6 is 0 Å². The van der Waals surface area contributed by atoms with Crippen LogP contribution in [0.3, 0.4) is 0 Å². The zero-order chi connectivity index (χ0) is 102. The molecule has 4 aromatic carbocycles. The van der Waals surface area contributed by atoms with E-state index in [1.165, 1.54) is 13.8 Å². The third kappa shape index (κ3) is 65.1. The summed E-state index contributed by atoms with van der Waals surface area (Å²) in [5, 5.41) is 68.1. The lowest BCUT2D eigenvalue weighted by Crippen LogP contribution is -2.43. The van der Waals surface area contributed by atoms with Gasteiger partial charge in [-0.1, -0.05) is 159 Å². The van der Waals surface area contributed by atoms with Crippen LogP contribution in [-0.4, -0.2) is 278 Å². The Hall–Kier alpha value is -14.2. The highest BCUT2D eigenvalue weighted by atomic mass is 16.8. The van der Waals surface area contributed by atoms with Gasteiger partial charge in [-0.2, -0.15) is 0 Å². The SMILES string of the molecule is C=CC(=O)OCC(CC)(CO)COC(=O)C=C.C=CC(=O)OCC(CO)(COC(=O)C(=C)C)COc1ccccc1.C=CC(=O)OCC(CO)(COC(=O)C=C)COC(=O)C=C.C=CC(=O)OCCC(O)CCOC(=O)C=C.C=CC(=O)OCCOC(O)OCCOC(=O)C(=C)C.C=CC(=O)OCCOC(O)Oc1ccc2ccccc2c1.C=CC(=O)OCCOC(O)Oc1ccccc1. The first-order valence-electron chi connectivity index (χ1n) is 40.3. The van der Waals surface area contributed by atoms with Crippen molar-refractivity contribution >= 4 is 88.4 Å². The zero-order valence-electron chi connectivity index (χ0n) is 75.7. The van der Waals surface area contributed by atoms with E-state index in [-0.39, 0.29) is 137 Å². The van der Waals surface area contributed by atoms with Crippen LogP contribution in [0.15, 0.2) is 267 Å². The van der Waals surface area contributed by atoms with Crippen molar-refractivity contribution in [2.75, 3.05) is 139 Å². The number of fused-ring (bicyclic) bond motifs is 1. The first-order valence-corrected chi connectivity index (χ1v) is 40.3. The summed E-state index contributed by atoms with van der Waals surface area (Å²) in [7, 11) is 0. The molecule has 135 heavy (non-hydrogen) atoms. The van der Waals surface area contributed by atoms with Crippen molar-refractivity contribution in [2.24, 2.45) is 16.2 Å². The minimum absolute atomic E-state index is 0.0125. The molecule has 742 valence electrons. The third-order valence-corrected chi connectivity index (χ3v) is 15.9. The van der Waals surface area contributed by atoms with Gasteiger partial charge in [-0.05, 0) is 67.4 Å². The van der Waals surface area contributed by atoms with E-state index in [0.29, 0.717) is 36.5 Å². The average Bonchev–Trinajstić information content (AvgIpc) is 0.845. The summed E-state index contributed by atoms with van der Waals surface area (Å²) in [5.41, 5.74) is -2.65. The molecule has 0 fully saturated rings. The largest absolute Gasteiger partial charge is 0.493 e. The van der Waals surface area contributed by atoms with Crippen molar-refractivity contribution in [2.45, 2.75) is 65.6 Å². The van der Waals surface area contributed by atoms with Crippen LogP contribution in [0.25, 0.3) is 10.8 Å². The Bertz CT molecular complexity index is 4250. The standard InChI is InChI=1S/C18H22O6.C16H16O5.C14H18O7.C12H18O7.C12H14O5.C12H18O5.C11H16O5/c1-4-16(20)23-12-18(10-19,13-24-17(21)14(2)3)11-22-15-8-6-5-7-9-15;1-2-15(17)19-9-10-20-16(18)21-14-8-7-12-5-3-4-6-13(12)11-14;1-4-11(16)19-8-14(7-15,9-20-12(17)5-2)10-21-13(18)6-3;1-4-10(13)16-5-7-18-12(15)19-8-6-17-11(14)9(2)3;1-2-11(13)15-8-9-16-12(14)17-10-6-4-3-5-7-10;1-4-10(14)16-8-12(6-3,7-13)9-17-11(15)5-2;1-3-10(13)15-7-5-9(12)6-8-16-11(14)4-2/h4-9,19H,1-2,10-13H2,3H3;2-8,11,16,18H,1,9-10H2;4-6,15H,1-3,7-10H2;4,12,15H,1-2,5-8H2,3H3;2-7,12,14H,1,8-9H2;4-5,13H,1-2,6-9H2,3H3;3-4,9,12H,1-2,5-8H2. The maximum atomic E-state index is 11.6. The second-order valence-corrected chi connectivity index (χ2v) is 26.6. The van der Waals surface area contributed by atoms with E-state index in [9.17, 15) is 98.1 Å². The predicted molar refractivity (Wildman–Crippen MR) is 484 cm³/mol. The molecule has 40 nitrogen and oxygen atoms in total. The van der Waals surface area contributed by atoms with Gasteiger partial charge in [0, 0.05) is 90.8 Å². The van der Waals surface area contributed by atoms with Gasteiger partial charge in [0.15, 0.2) is 0 Å². The Balaban J connectivity index is -0.00000151. The number of rotatable bonds is 60. The first-order chi connectivity index (χ1) is 64.3. The van der Waals surface area contributed by atoms with Gasteiger partial charge in [-0.25, -0.2) is 62.3 Å². The molecule has 4 atom stereocenters. The lowest BCUT2D eigenvalue weighted by atomic mass is 9.88. The van der Waals surface area contributed by atoms with Crippen LogP contribution in [0.4, 0.5) is 0 Å². The zero-order valence-corrected chi connectivity index (χ0v) is 75.7. The van der Waals surface area contributed by atoms with Crippen molar-refractivity contribution in [1.29, 1.82) is 0 Å². The van der Waals surface area contributed by atoms with E-state index >= 15 is 0 Å². The van der Waals surface area contributed by atoms with Crippen molar-refractivity contribution in [3.05, 3.63) is 267 Å². The minimum Gasteiger partial charge on any atom is -0.493 e. The molecule has 0 saturated heterocycles. The molecule has 4 rings (SSSR count). The molecule has 0 heterocycles. The average molecular weight is 1900 g/mol. The maximum absolute atomic E-state index is 11.6. The van der Waals surface area contributed by atoms with Gasteiger partial charge in [-0.3, -0.25) is 0 Å². The number of para-hydroxylation sites is 2. The highest BCUT2D eigenvalue weighted by molar-refractivity contribution is 5.88. The Labute approximate surface area is 782 Å². The second-order valence-electron chi connectivity index (χ2n) is 26.6. The van der Waals surface area contributed by atoms with Crippen LogP contribution < -0.4 is 14.2 Å². The summed E-state index contributed by atoms with van der Waals surface area (Å²) < 4.78 is 97.6. The summed E-state index contributed by atoms with van der Waals surface area (Å²) in [5.74, 6) is -6.23. The molecule has 0 radical (unpaired) electrons. The molecule has 0 amide bonds. The van der Waals surface area contributed by atoms with Crippen LogP contribution in [0.1, 0.15) is 40.0 Å². The van der Waals surface area contributed by atoms with Crippen LogP contribution in [0.2, 0.25) is 0 Å². The highest BCUT2D eigenvalue weighted by Crippen LogP contribution is 2.26. The Morgan fingerprint density at radius 2 is 0.563 bits per heavy atom. The molecule has 0 spiro atoms. The maximum Gasteiger partial charge on any atom is 0.333 e. The predicted octanol–water partition coefficient (Wildman–Crippen LogP) is 6.94. The van der Waals surface area contributed by atoms with Crippen molar-refractivity contribution in [1.82, 2.24) is 0 Å². The number of hydrogen-bond acceptors (Lipinski definition) is 40. The molecule has 4 aromatic rings. The van der Waals surface area contributed by atoms with Crippen LogP contribution in [0, 0.1) is 16.2 Å². The fourth-order valence-corrected chi connectivity index (χ4v) is 8.17. The molecule has 0 saturated carbocycles. The van der Waals surface area contributed by atoms with E-state index < -0.39 is 133 Å². The molecule has 0 aliphatic rings. The quantitative estimate of drug-likeness (QED) is 0.00773. The topological polar surface area (TPSA) is 548 Å². The van der Waals surface area contributed by atoms with Gasteiger partial charge >= 0.3 is 90.6 Å². The van der Waals surface area contributed by atoms with Crippen molar-refractivity contribution in [3.8, 4) is 17.2 Å². The van der Waals surface area contributed by atoms with Gasteiger partial charge < -0.3 is 130 Å². The summed E-state index contributed by atoms with van der Waals surface area (Å²) in [4.78, 5) is 142. The Kier molecular flexibility index (Phi) is 71.7. The van der Waals surface area contributed by atoms with Gasteiger partial charge in [0.1, 0.15) is 96.5 Å². The van der Waals surface area contributed by atoms with E-state index in [1.807, 2.05) is 42.5 Å². The number of carbonyl (C=O) groups is 13. The number of aliphatic hydroxyl groups excluding tert-OH is 7. The van der Waals surface area contributed by atoms with Gasteiger partial charge in [0.05, 0.1) is 81.8 Å². The lowest BCUT2D eigenvalue weighted by Gasteiger charge is -2.30. The summed E-state index contributed by atoms with van der Waals surface area (Å²) in [6, 6.07) is 30.9. The Morgan fingerprint density at radius 1 is 0.296 bits per heavy atom. The minimum atomic E-state index is -1.48. The number of aliphatic hydroxyl groups is 7. The van der Waals surface area contributed by atoms with E-state index in [4.69, 9.17) is 75.8 Å². The van der Waals surface area contributed by atoms with Gasteiger partial charge in [0.2, 0.25) is 0 Å². The van der Waals surface area contributed by atoms with E-state index in [1.54, 1.807) is 67.6 Å². The summed E-state index contributed by atoms with van der Waals surface area (Å²) in [6.07, 6.45) is 11.6. The van der Waals surface area contributed by atoms with Crippen LogP contribution in [0.5, 0.6) is 17.2 Å². The third-order valence-electron chi connectivity index (χ3n) is 15.9. The normalized spacial score (nSPS) is 11.2.